The maximum absolute atomic E-state index is 5.96. The summed E-state index contributed by atoms with van der Waals surface area (Å²) >= 11 is 24.7. The van der Waals surface area contributed by atoms with Crippen LogP contribution in [0.25, 0.3) is 0 Å². The van der Waals surface area contributed by atoms with Crippen molar-refractivity contribution in [3.05, 3.63) is 22.6 Å². The van der Waals surface area contributed by atoms with Crippen molar-refractivity contribution >= 4 is 115 Å². The van der Waals surface area contributed by atoms with E-state index in [0.29, 0.717) is 78.1 Å². The second-order valence-corrected chi connectivity index (χ2v) is 23.6. The molecule has 2 saturated heterocycles. The zero-order valence-electron chi connectivity index (χ0n) is 23.4. The number of hydrogen-bond acceptors (Lipinski definition) is 11. The maximum atomic E-state index is 5.96. The van der Waals surface area contributed by atoms with Crippen LogP contribution in [0.4, 0.5) is 17.5 Å². The standard InChI is InChI=1S/C9H9Cl2N3O2.C9H11ClN4O2.C4H9I.C2H5.2HI.V/c10-7-6-8(13-9(11)12-7)14-1-2-15-3-5(14)4-16-6;10-9-12-7(11)6-8(13-9)14-1-2-15-3-5(14)4-16-6;1-3-4(2)5;1-2;;;/h5H,1-4H2;5H,1-4H2,(H2,11,12,13);4H,3H2,1-2H3;1H2,2H3;2*1H;/q;;;-1;;;+2/p-2. The molecule has 42 heavy (non-hydrogen) atoms. The molecule has 3 unspecified atom stereocenters. The molecule has 237 valence electrons. The van der Waals surface area contributed by atoms with Gasteiger partial charge < -0.3 is 41.4 Å². The van der Waals surface area contributed by atoms with E-state index < -0.39 is 0 Å². The molecule has 0 bridgehead atoms. The number of rotatable bonds is 1. The molecule has 2 aromatic rings. The molecule has 2 fully saturated rings. The molecule has 0 radical (unpaired) electrons. The van der Waals surface area contributed by atoms with Crippen LogP contribution in [-0.4, -0.2) is 88.7 Å². The van der Waals surface area contributed by atoms with Crippen LogP contribution < -0.4 is 25.0 Å². The molecule has 0 spiro atoms. The Morgan fingerprint density at radius 2 is 1.31 bits per heavy atom. The number of alkyl halides is 1. The van der Waals surface area contributed by atoms with E-state index in [4.69, 9.17) is 59.5 Å². The van der Waals surface area contributed by atoms with Gasteiger partial charge in [-0.1, -0.05) is 48.0 Å². The van der Waals surface area contributed by atoms with Gasteiger partial charge in [-0.3, -0.25) is 0 Å². The first kappa shape index (κ1) is 38.9. The fraction of sp³-hybridized carbons (Fsp3) is 0.625. The Morgan fingerprint density at radius 3 is 1.79 bits per heavy atom. The second-order valence-electron chi connectivity index (χ2n) is 8.69. The minimum atomic E-state index is 0.138. The average molecular weight is 1020 g/mol. The van der Waals surface area contributed by atoms with Gasteiger partial charge in [-0.05, 0) is 29.6 Å². The number of aromatic nitrogens is 4. The van der Waals surface area contributed by atoms with Gasteiger partial charge in [-0.15, -0.1) is 0 Å². The van der Waals surface area contributed by atoms with Crippen LogP contribution in [0.1, 0.15) is 27.2 Å². The van der Waals surface area contributed by atoms with E-state index in [1.165, 1.54) is 6.42 Å². The normalized spacial score (nSPS) is 20.0. The van der Waals surface area contributed by atoms with Crippen molar-refractivity contribution in [3.63, 3.8) is 0 Å². The van der Waals surface area contributed by atoms with Crippen molar-refractivity contribution in [1.82, 2.24) is 19.9 Å². The molecule has 11 nitrogen and oxygen atoms in total. The van der Waals surface area contributed by atoms with Crippen LogP contribution in [0, 0.1) is 6.92 Å². The third kappa shape index (κ3) is 11.5. The summed E-state index contributed by atoms with van der Waals surface area (Å²) in [5, 5.41) is 0.548. The molecular formula is C24H34Cl3I3N7O4V-. The second kappa shape index (κ2) is 20.8. The molecule has 6 rings (SSSR count). The van der Waals surface area contributed by atoms with Gasteiger partial charge in [0.2, 0.25) is 16.3 Å². The number of nitrogens with zero attached hydrogens (tertiary/aromatic N) is 6. The molecule has 0 aromatic carbocycles. The van der Waals surface area contributed by atoms with Gasteiger partial charge in [0.15, 0.2) is 28.4 Å². The summed E-state index contributed by atoms with van der Waals surface area (Å²) in [6.45, 7) is 14.7. The summed E-state index contributed by atoms with van der Waals surface area (Å²) in [6, 6.07) is 0.370. The molecule has 4 aliphatic heterocycles. The van der Waals surface area contributed by atoms with E-state index >= 15 is 0 Å². The predicted molar refractivity (Wildman–Crippen MR) is 191 cm³/mol. The van der Waals surface area contributed by atoms with Crippen molar-refractivity contribution in [1.29, 1.82) is 0 Å². The number of nitrogen functional groups attached to an aromatic ring is 1. The Bertz CT molecular complexity index is 1040. The summed E-state index contributed by atoms with van der Waals surface area (Å²) in [5.74, 6) is 2.69. The number of fused-ring (bicyclic) bond motifs is 6. The molecule has 2 aromatic heterocycles. The van der Waals surface area contributed by atoms with E-state index in [2.05, 4.69) is 113 Å². The van der Waals surface area contributed by atoms with Gasteiger partial charge in [0.05, 0.1) is 38.5 Å². The van der Waals surface area contributed by atoms with E-state index in [1.54, 1.807) is 6.92 Å². The molecule has 0 saturated carbocycles. The SMILES string of the molecule is CCC(C)I.Clc1nc(Cl)c2c(n1)N1CCOCC1CO2.Nc1nc(Cl)nc2c1OCC1COCCN21.[CH2-]C.[I][V][I]. The number of halogens is 6. The van der Waals surface area contributed by atoms with Crippen LogP contribution in [-0.2, 0) is 18.9 Å². The molecule has 3 atom stereocenters. The van der Waals surface area contributed by atoms with Gasteiger partial charge in [0.25, 0.3) is 0 Å². The quantitative estimate of drug-likeness (QED) is 0.111. The number of morpholine rings is 2. The fourth-order valence-corrected chi connectivity index (χ4v) is 4.57. The van der Waals surface area contributed by atoms with Gasteiger partial charge in [-0.2, -0.15) is 21.9 Å². The Hall–Kier alpha value is 0.724. The van der Waals surface area contributed by atoms with Crippen molar-refractivity contribution < 1.29 is 28.4 Å². The topological polar surface area (TPSA) is 121 Å². The van der Waals surface area contributed by atoms with Crippen LogP contribution in [0.2, 0.25) is 15.7 Å². The zero-order valence-corrected chi connectivity index (χ0v) is 33.5. The van der Waals surface area contributed by atoms with Gasteiger partial charge in [-0.25, -0.2) is 4.98 Å². The third-order valence-electron chi connectivity index (χ3n) is 6.03. The summed E-state index contributed by atoms with van der Waals surface area (Å²) in [5.41, 5.74) is 5.75. The average Bonchev–Trinajstić information content (AvgIpc) is 2.99. The van der Waals surface area contributed by atoms with Crippen LogP contribution in [0.5, 0.6) is 11.5 Å². The van der Waals surface area contributed by atoms with Gasteiger partial charge in [0.1, 0.15) is 13.2 Å². The molecule has 0 aliphatic carbocycles. The van der Waals surface area contributed by atoms with Crippen molar-refractivity contribution in [2.75, 3.05) is 68.3 Å². The molecule has 6 heterocycles. The molecular weight excluding hydrogens is 988 g/mol. The van der Waals surface area contributed by atoms with Crippen LogP contribution >= 0.6 is 97.4 Å². The predicted octanol–water partition coefficient (Wildman–Crippen LogP) is 6.52. The minimum absolute atomic E-state index is 0.138. The van der Waals surface area contributed by atoms with Gasteiger partial charge >= 0.3 is 49.4 Å². The van der Waals surface area contributed by atoms with Crippen molar-refractivity contribution in [3.8, 4) is 11.5 Å². The molecule has 4 aliphatic rings. The Labute approximate surface area is 305 Å². The van der Waals surface area contributed by atoms with Crippen molar-refractivity contribution in [2.45, 2.75) is 43.2 Å². The van der Waals surface area contributed by atoms with E-state index in [9.17, 15) is 0 Å². The zero-order chi connectivity index (χ0) is 31.2. The number of nitrogens with two attached hydrogens (primary N) is 1. The van der Waals surface area contributed by atoms with Crippen LogP contribution in [0.15, 0.2) is 0 Å². The summed E-state index contributed by atoms with van der Waals surface area (Å²) in [4.78, 5) is 20.3. The monoisotopic (exact) mass is 1020 g/mol. The van der Waals surface area contributed by atoms with Crippen molar-refractivity contribution in [2.24, 2.45) is 0 Å². The first-order valence-electron chi connectivity index (χ1n) is 13.0. The summed E-state index contributed by atoms with van der Waals surface area (Å²) < 4.78 is 22.7. The fourth-order valence-electron chi connectivity index (χ4n) is 3.97. The molecule has 0 amide bonds. The number of hydrogen-bond donors (Lipinski definition) is 1. The summed E-state index contributed by atoms with van der Waals surface area (Å²) in [7, 11) is 0.628. The Balaban J connectivity index is 0.000000225. The number of anilines is 3. The van der Waals surface area contributed by atoms with E-state index in [1.807, 2.05) is 0 Å². The Kier molecular flexibility index (Phi) is 19.2. The summed E-state index contributed by atoms with van der Waals surface area (Å²) in [6.07, 6.45) is 1.29. The van der Waals surface area contributed by atoms with Gasteiger partial charge in [0, 0.05) is 17.0 Å². The number of ether oxygens (including phenoxy) is 4. The van der Waals surface area contributed by atoms with E-state index in [0.717, 1.165) is 17.0 Å². The molecule has 2 N–H and O–H groups in total. The first-order chi connectivity index (χ1) is 20.2. The Morgan fingerprint density at radius 1 is 0.881 bits per heavy atom. The van der Waals surface area contributed by atoms with Crippen LogP contribution in [0.3, 0.4) is 0 Å². The first-order valence-corrected chi connectivity index (χ1v) is 24.4. The van der Waals surface area contributed by atoms with E-state index in [-0.39, 0.29) is 27.8 Å². The molecule has 18 heteroatoms. The third-order valence-corrected chi connectivity index (χ3v) is 7.50.